The smallest absolute Gasteiger partial charge is 0.339 e. The van der Waals surface area contributed by atoms with Crippen molar-refractivity contribution in [1.82, 2.24) is 5.32 Å². The highest BCUT2D eigenvalue weighted by molar-refractivity contribution is 7.84. The Bertz CT molecular complexity index is 849. The first-order valence-corrected chi connectivity index (χ1v) is 10.1. The summed E-state index contributed by atoms with van der Waals surface area (Å²) in [5.74, 6) is -0.981. The van der Waals surface area contributed by atoms with Gasteiger partial charge in [-0.25, -0.2) is 4.79 Å². The predicted octanol–water partition coefficient (Wildman–Crippen LogP) is 2.77. The van der Waals surface area contributed by atoms with Crippen molar-refractivity contribution in [2.45, 2.75) is 30.2 Å². The maximum absolute atomic E-state index is 12.2. The Kier molecular flexibility index (Phi) is 5.83. The Morgan fingerprint density at radius 1 is 1.15 bits per heavy atom. The second-order valence-electron chi connectivity index (χ2n) is 6.24. The Morgan fingerprint density at radius 2 is 1.88 bits per heavy atom. The zero-order valence-corrected chi connectivity index (χ0v) is 15.4. The lowest BCUT2D eigenvalue weighted by atomic mass is 9.88. The highest BCUT2D eigenvalue weighted by atomic mass is 32.2. The summed E-state index contributed by atoms with van der Waals surface area (Å²) >= 11 is 0. The molecule has 1 aliphatic rings. The number of fused-ring (bicyclic) bond motifs is 1. The molecule has 0 bridgehead atoms. The largest absolute Gasteiger partial charge is 0.452 e. The van der Waals surface area contributed by atoms with Crippen LogP contribution < -0.4 is 5.32 Å². The molecular weight excluding hydrogens is 350 g/mol. The monoisotopic (exact) mass is 371 g/mol. The molecule has 0 saturated carbocycles. The molecule has 0 saturated heterocycles. The van der Waals surface area contributed by atoms with E-state index in [1.54, 1.807) is 24.3 Å². The van der Waals surface area contributed by atoms with Gasteiger partial charge in [-0.3, -0.25) is 9.00 Å². The summed E-state index contributed by atoms with van der Waals surface area (Å²) in [4.78, 5) is 24.9. The van der Waals surface area contributed by atoms with Crippen LogP contribution >= 0.6 is 0 Å². The van der Waals surface area contributed by atoms with Crippen molar-refractivity contribution in [2.75, 3.05) is 12.9 Å². The van der Waals surface area contributed by atoms with Gasteiger partial charge in [-0.05, 0) is 42.5 Å². The van der Waals surface area contributed by atoms with Crippen molar-refractivity contribution in [3.05, 3.63) is 65.2 Å². The average Bonchev–Trinajstić information content (AvgIpc) is 2.66. The van der Waals surface area contributed by atoms with Gasteiger partial charge in [-0.2, -0.15) is 0 Å². The van der Waals surface area contributed by atoms with Crippen LogP contribution in [0.15, 0.2) is 53.4 Å². The van der Waals surface area contributed by atoms with E-state index in [1.165, 1.54) is 11.8 Å². The van der Waals surface area contributed by atoms with Crippen LogP contribution in [0, 0.1) is 0 Å². The molecular formula is C20H21NO4S. The van der Waals surface area contributed by atoms with E-state index in [2.05, 4.69) is 11.4 Å². The number of rotatable bonds is 5. The molecule has 5 nitrogen and oxygen atoms in total. The first-order chi connectivity index (χ1) is 12.6. The van der Waals surface area contributed by atoms with E-state index < -0.39 is 16.8 Å². The van der Waals surface area contributed by atoms with Crippen LogP contribution in [0.5, 0.6) is 0 Å². The molecule has 0 fully saturated rings. The fourth-order valence-corrected chi connectivity index (χ4v) is 3.97. The first kappa shape index (κ1) is 18.3. The molecule has 1 amide bonds. The van der Waals surface area contributed by atoms with Crippen LogP contribution in [0.1, 0.15) is 40.4 Å². The number of nitrogens with one attached hydrogen (secondary N) is 1. The Balaban J connectivity index is 1.60. The standard InChI is InChI=1S/C20H21NO4S/c1-26(24)18-12-5-4-10-16(18)20(23)25-13-19(22)21-17-11-6-8-14-7-2-3-9-15(14)17/h2-5,7,9-10,12,17H,6,8,11,13H2,1H3,(H,21,22)/t17-,26+/m0/s1. The molecule has 1 aliphatic carbocycles. The van der Waals surface area contributed by atoms with Gasteiger partial charge in [0.2, 0.25) is 0 Å². The van der Waals surface area contributed by atoms with Crippen LogP contribution in [0.2, 0.25) is 0 Å². The van der Waals surface area contributed by atoms with Crippen molar-refractivity contribution in [3.63, 3.8) is 0 Å². The fraction of sp³-hybridized carbons (Fsp3) is 0.300. The van der Waals surface area contributed by atoms with E-state index >= 15 is 0 Å². The highest BCUT2D eigenvalue weighted by Crippen LogP contribution is 2.29. The zero-order valence-electron chi connectivity index (χ0n) is 14.6. The number of carbonyl (C=O) groups excluding carboxylic acids is 2. The quantitative estimate of drug-likeness (QED) is 0.821. The molecule has 0 aromatic heterocycles. The van der Waals surface area contributed by atoms with E-state index in [0.717, 1.165) is 24.8 Å². The summed E-state index contributed by atoms with van der Waals surface area (Å²) in [6, 6.07) is 14.6. The summed E-state index contributed by atoms with van der Waals surface area (Å²) in [6.07, 6.45) is 4.40. The molecule has 136 valence electrons. The van der Waals surface area contributed by atoms with Gasteiger partial charge in [0.05, 0.1) is 27.3 Å². The van der Waals surface area contributed by atoms with Gasteiger partial charge in [0.15, 0.2) is 6.61 Å². The average molecular weight is 371 g/mol. The van der Waals surface area contributed by atoms with E-state index in [9.17, 15) is 13.8 Å². The number of hydrogen-bond acceptors (Lipinski definition) is 4. The van der Waals surface area contributed by atoms with E-state index in [1.807, 2.05) is 18.2 Å². The van der Waals surface area contributed by atoms with Crippen molar-refractivity contribution in [1.29, 1.82) is 0 Å². The van der Waals surface area contributed by atoms with Crippen LogP contribution in [-0.2, 0) is 26.8 Å². The second-order valence-corrected chi connectivity index (χ2v) is 7.59. The Hall–Kier alpha value is -2.47. The minimum atomic E-state index is -1.31. The van der Waals surface area contributed by atoms with Crippen LogP contribution in [0.4, 0.5) is 0 Å². The molecule has 2 aromatic rings. The van der Waals surface area contributed by atoms with E-state index in [0.29, 0.717) is 4.90 Å². The molecule has 26 heavy (non-hydrogen) atoms. The second kappa shape index (κ2) is 8.27. The fourth-order valence-electron chi connectivity index (χ4n) is 3.23. The summed E-state index contributed by atoms with van der Waals surface area (Å²) in [7, 11) is -1.31. The lowest BCUT2D eigenvalue weighted by Gasteiger charge is -2.26. The number of aryl methyl sites for hydroxylation is 1. The summed E-state index contributed by atoms with van der Waals surface area (Å²) in [5, 5.41) is 2.94. The summed E-state index contributed by atoms with van der Waals surface area (Å²) in [5.41, 5.74) is 2.61. The van der Waals surface area contributed by atoms with Gasteiger partial charge in [0.25, 0.3) is 5.91 Å². The number of amides is 1. The van der Waals surface area contributed by atoms with Gasteiger partial charge in [-0.1, -0.05) is 36.4 Å². The summed E-state index contributed by atoms with van der Waals surface area (Å²) in [6.45, 7) is -0.359. The Labute approximate surface area is 155 Å². The molecule has 0 spiro atoms. The maximum atomic E-state index is 12.2. The SMILES string of the molecule is C[S@@](=O)c1ccccc1C(=O)OCC(=O)N[C@H]1CCCc2ccccc21. The minimum absolute atomic E-state index is 0.0541. The molecule has 2 aromatic carbocycles. The molecule has 6 heteroatoms. The van der Waals surface area contributed by atoms with Crippen LogP contribution in [0.3, 0.4) is 0 Å². The lowest BCUT2D eigenvalue weighted by Crippen LogP contribution is -2.34. The zero-order chi connectivity index (χ0) is 18.5. The maximum Gasteiger partial charge on any atom is 0.339 e. The topological polar surface area (TPSA) is 72.5 Å². The molecule has 2 atom stereocenters. The normalized spacial score (nSPS) is 17.0. The Morgan fingerprint density at radius 3 is 2.69 bits per heavy atom. The van der Waals surface area contributed by atoms with Gasteiger partial charge in [0.1, 0.15) is 0 Å². The number of carbonyl (C=O) groups is 2. The molecule has 0 radical (unpaired) electrons. The molecule has 0 aliphatic heterocycles. The van der Waals surface area contributed by atoms with Crippen LogP contribution in [0.25, 0.3) is 0 Å². The predicted molar refractivity (Wildman–Crippen MR) is 99.3 cm³/mol. The van der Waals surface area contributed by atoms with Crippen molar-refractivity contribution >= 4 is 22.7 Å². The molecule has 0 unspecified atom stereocenters. The lowest BCUT2D eigenvalue weighted by molar-refractivity contribution is -0.125. The first-order valence-electron chi connectivity index (χ1n) is 8.53. The van der Waals surface area contributed by atoms with E-state index in [4.69, 9.17) is 4.74 Å². The van der Waals surface area contributed by atoms with Gasteiger partial charge in [-0.15, -0.1) is 0 Å². The van der Waals surface area contributed by atoms with Crippen molar-refractivity contribution < 1.29 is 18.5 Å². The summed E-state index contributed by atoms with van der Waals surface area (Å²) < 4.78 is 16.8. The number of hydrogen-bond donors (Lipinski definition) is 1. The van der Waals surface area contributed by atoms with E-state index in [-0.39, 0.29) is 24.1 Å². The number of esters is 1. The van der Waals surface area contributed by atoms with Gasteiger partial charge < -0.3 is 10.1 Å². The van der Waals surface area contributed by atoms with Crippen molar-refractivity contribution in [2.24, 2.45) is 0 Å². The third-order valence-corrected chi connectivity index (χ3v) is 5.43. The van der Waals surface area contributed by atoms with Gasteiger partial charge >= 0.3 is 5.97 Å². The minimum Gasteiger partial charge on any atom is -0.452 e. The molecule has 3 rings (SSSR count). The van der Waals surface area contributed by atoms with Crippen molar-refractivity contribution in [3.8, 4) is 0 Å². The highest BCUT2D eigenvalue weighted by Gasteiger charge is 2.22. The third-order valence-electron chi connectivity index (χ3n) is 4.46. The third kappa shape index (κ3) is 4.19. The number of ether oxygens (including phenoxy) is 1. The van der Waals surface area contributed by atoms with Gasteiger partial charge in [0, 0.05) is 6.26 Å². The van der Waals surface area contributed by atoms with Crippen LogP contribution in [-0.4, -0.2) is 28.9 Å². The number of benzene rings is 2. The molecule has 1 N–H and O–H groups in total. The molecule has 0 heterocycles.